The van der Waals surface area contributed by atoms with E-state index >= 15 is 0 Å². The van der Waals surface area contributed by atoms with Crippen molar-refractivity contribution in [3.8, 4) is 22.6 Å². The summed E-state index contributed by atoms with van der Waals surface area (Å²) in [5.41, 5.74) is 4.65. The average Bonchev–Trinajstić information content (AvgIpc) is 3.44. The molecule has 0 atom stereocenters. The first-order valence-electron chi connectivity index (χ1n) is 16.5. The van der Waals surface area contributed by atoms with Crippen LogP contribution in [0, 0.1) is 6.92 Å². The second kappa shape index (κ2) is 18.9. The number of ketones is 1. The van der Waals surface area contributed by atoms with Gasteiger partial charge in [-0.2, -0.15) is 0 Å². The minimum absolute atomic E-state index is 0.0447. The first-order chi connectivity index (χ1) is 23.7. The molecule has 0 fully saturated rings. The van der Waals surface area contributed by atoms with Gasteiger partial charge in [-0.1, -0.05) is 55.8 Å². The molecule has 1 aliphatic heterocycles. The highest BCUT2D eigenvalue weighted by atomic mass is 16.5. The van der Waals surface area contributed by atoms with E-state index < -0.39 is 12.6 Å². The van der Waals surface area contributed by atoms with Crippen molar-refractivity contribution >= 4 is 29.6 Å². The summed E-state index contributed by atoms with van der Waals surface area (Å²) in [5, 5.41) is 8.90. The topological polar surface area (TPSA) is 119 Å². The summed E-state index contributed by atoms with van der Waals surface area (Å²) in [5.74, 6) is 0.348. The molecule has 49 heavy (non-hydrogen) atoms. The van der Waals surface area contributed by atoms with Crippen molar-refractivity contribution in [3.63, 3.8) is 0 Å². The highest BCUT2D eigenvalue weighted by Gasteiger charge is 2.22. The largest absolute Gasteiger partial charge is 0.494 e. The Hall–Kier alpha value is -5.28. The molecule has 0 radical (unpaired) electrons. The lowest BCUT2D eigenvalue weighted by Crippen LogP contribution is -2.30. The number of hydrogen-bond donors (Lipinski definition) is 1. The van der Waals surface area contributed by atoms with Crippen molar-refractivity contribution in [1.29, 1.82) is 0 Å². The molecule has 0 aromatic heterocycles. The molecule has 0 aliphatic carbocycles. The number of ether oxygens (including phenoxy) is 3. The van der Waals surface area contributed by atoms with E-state index in [4.69, 9.17) is 19.3 Å². The SMILES string of the molecule is C=C(CO)C(=O)OCCCCOc1ccc(-c2ccc(/C=C/C(=O)c3ccc(OCCCCCCN4C(=O)C=CC4=O)cc3)cc2)cc1C. The zero-order valence-corrected chi connectivity index (χ0v) is 27.9. The fraction of sp³-hybridized carbons (Fsp3) is 0.300. The molecule has 2 amide bonds. The van der Waals surface area contributed by atoms with Crippen LogP contribution in [0.5, 0.6) is 11.5 Å². The van der Waals surface area contributed by atoms with Crippen LogP contribution in [-0.2, 0) is 19.1 Å². The second-order valence-electron chi connectivity index (χ2n) is 11.7. The van der Waals surface area contributed by atoms with E-state index in [1.807, 2.05) is 43.3 Å². The number of rotatable bonds is 20. The number of unbranched alkanes of at least 4 members (excludes halogenated alkanes) is 4. The van der Waals surface area contributed by atoms with Crippen molar-refractivity contribution < 1.29 is 38.5 Å². The molecule has 9 nitrogen and oxygen atoms in total. The summed E-state index contributed by atoms with van der Waals surface area (Å²) in [6.07, 6.45) is 10.8. The van der Waals surface area contributed by atoms with Gasteiger partial charge in [0.25, 0.3) is 11.8 Å². The highest BCUT2D eigenvalue weighted by molar-refractivity contribution is 6.12. The molecule has 0 spiro atoms. The Balaban J connectivity index is 1.14. The van der Waals surface area contributed by atoms with Crippen LogP contribution in [0.2, 0.25) is 0 Å². The molecular formula is C40H43NO8. The number of aliphatic hydroxyl groups excluding tert-OH is 1. The van der Waals surface area contributed by atoms with Crippen molar-refractivity contribution in [3.05, 3.63) is 114 Å². The molecule has 0 bridgehead atoms. The molecule has 256 valence electrons. The van der Waals surface area contributed by atoms with Gasteiger partial charge in [0.05, 0.1) is 32.0 Å². The summed E-state index contributed by atoms with van der Waals surface area (Å²) >= 11 is 0. The molecular weight excluding hydrogens is 622 g/mol. The van der Waals surface area contributed by atoms with Gasteiger partial charge in [0, 0.05) is 24.3 Å². The van der Waals surface area contributed by atoms with E-state index in [0.29, 0.717) is 43.9 Å². The maximum absolute atomic E-state index is 12.8. The van der Waals surface area contributed by atoms with E-state index in [9.17, 15) is 19.2 Å². The number of hydrogen-bond acceptors (Lipinski definition) is 8. The van der Waals surface area contributed by atoms with E-state index in [2.05, 4.69) is 12.6 Å². The first-order valence-corrected chi connectivity index (χ1v) is 16.5. The number of allylic oxidation sites excluding steroid dienone is 1. The minimum atomic E-state index is -0.578. The van der Waals surface area contributed by atoms with Gasteiger partial charge in [-0.25, -0.2) is 4.79 Å². The number of nitrogens with zero attached hydrogens (tertiary/aromatic N) is 1. The van der Waals surface area contributed by atoms with E-state index in [-0.39, 0.29) is 29.8 Å². The van der Waals surface area contributed by atoms with E-state index in [1.54, 1.807) is 36.4 Å². The molecule has 1 aliphatic rings. The third kappa shape index (κ3) is 11.4. The quantitative estimate of drug-likeness (QED) is 0.0467. The van der Waals surface area contributed by atoms with Crippen LogP contribution in [0.15, 0.2) is 97.1 Å². The lowest BCUT2D eigenvalue weighted by molar-refractivity contribution is -0.140. The molecule has 1 N–H and O–H groups in total. The van der Waals surface area contributed by atoms with Gasteiger partial charge < -0.3 is 19.3 Å². The average molecular weight is 666 g/mol. The predicted octanol–water partition coefficient (Wildman–Crippen LogP) is 6.67. The molecule has 0 unspecified atom stereocenters. The maximum Gasteiger partial charge on any atom is 0.335 e. The van der Waals surface area contributed by atoms with Crippen LogP contribution >= 0.6 is 0 Å². The van der Waals surface area contributed by atoms with Gasteiger partial charge >= 0.3 is 5.97 Å². The molecule has 4 rings (SSSR count). The van der Waals surface area contributed by atoms with Crippen molar-refractivity contribution in [2.45, 2.75) is 45.4 Å². The number of carbonyl (C=O) groups excluding carboxylic acids is 4. The van der Waals surface area contributed by atoms with Crippen LogP contribution in [0.4, 0.5) is 0 Å². The monoisotopic (exact) mass is 665 g/mol. The smallest absolute Gasteiger partial charge is 0.335 e. The Morgan fingerprint density at radius 3 is 2.10 bits per heavy atom. The highest BCUT2D eigenvalue weighted by Crippen LogP contribution is 2.27. The van der Waals surface area contributed by atoms with Gasteiger partial charge in [0.15, 0.2) is 5.78 Å². The molecule has 1 heterocycles. The lowest BCUT2D eigenvalue weighted by Gasteiger charge is -2.13. The minimum Gasteiger partial charge on any atom is -0.494 e. The molecule has 3 aromatic rings. The van der Waals surface area contributed by atoms with Crippen LogP contribution in [-0.4, -0.2) is 66.5 Å². The van der Waals surface area contributed by atoms with Crippen molar-refractivity contribution in [2.75, 3.05) is 33.0 Å². The molecule has 3 aromatic carbocycles. The number of amides is 2. The maximum atomic E-state index is 12.8. The zero-order chi connectivity index (χ0) is 35.0. The lowest BCUT2D eigenvalue weighted by atomic mass is 10.0. The van der Waals surface area contributed by atoms with Gasteiger partial charge in [-0.3, -0.25) is 19.3 Å². The van der Waals surface area contributed by atoms with Crippen LogP contribution in [0.25, 0.3) is 17.2 Å². The third-order valence-corrected chi connectivity index (χ3v) is 7.94. The standard InChI is InChI=1S/C40H43NO8/c1-29-27-34(16-20-37(29)48-25-7-8-26-49-40(46)30(2)28-42)32-12-9-31(10-13-32)11-19-36(43)33-14-17-35(18-15-33)47-24-6-4-3-5-23-41-38(44)21-22-39(41)45/h9-22,27,42H,2-8,23-26,28H2,1H3/b19-11+. The summed E-state index contributed by atoms with van der Waals surface area (Å²) in [6, 6.07) is 21.1. The third-order valence-electron chi connectivity index (χ3n) is 7.94. The zero-order valence-electron chi connectivity index (χ0n) is 27.9. The van der Waals surface area contributed by atoms with E-state index in [0.717, 1.165) is 53.7 Å². The Bertz CT molecular complexity index is 1650. The summed E-state index contributed by atoms with van der Waals surface area (Å²) in [7, 11) is 0. The Kier molecular flexibility index (Phi) is 14.1. The van der Waals surface area contributed by atoms with Crippen LogP contribution < -0.4 is 9.47 Å². The number of benzene rings is 3. The Morgan fingerprint density at radius 1 is 0.776 bits per heavy atom. The van der Waals surface area contributed by atoms with Gasteiger partial charge in [-0.05, 0) is 97.3 Å². The summed E-state index contributed by atoms with van der Waals surface area (Å²) < 4.78 is 16.7. The fourth-order valence-electron chi connectivity index (χ4n) is 5.05. The van der Waals surface area contributed by atoms with E-state index in [1.165, 1.54) is 17.1 Å². The predicted molar refractivity (Wildman–Crippen MR) is 188 cm³/mol. The molecule has 0 saturated carbocycles. The number of aryl methyl sites for hydroxylation is 1. The fourth-order valence-corrected chi connectivity index (χ4v) is 5.05. The summed E-state index contributed by atoms with van der Waals surface area (Å²) in [6.45, 7) is 6.77. The molecule has 9 heteroatoms. The number of carbonyl (C=O) groups is 4. The van der Waals surface area contributed by atoms with Gasteiger partial charge in [0.2, 0.25) is 0 Å². The first kappa shape index (κ1) is 36.6. The normalized spacial score (nSPS) is 12.5. The van der Waals surface area contributed by atoms with Crippen LogP contribution in [0.1, 0.15) is 60.0 Å². The number of imide groups is 1. The Morgan fingerprint density at radius 2 is 1.41 bits per heavy atom. The van der Waals surface area contributed by atoms with Crippen molar-refractivity contribution in [1.82, 2.24) is 4.90 Å². The Labute approximate surface area is 287 Å². The van der Waals surface area contributed by atoms with Gasteiger partial charge in [-0.15, -0.1) is 0 Å². The number of aliphatic hydroxyl groups is 1. The second-order valence-corrected chi connectivity index (χ2v) is 11.7. The molecule has 0 saturated heterocycles. The number of esters is 1. The summed E-state index contributed by atoms with van der Waals surface area (Å²) in [4.78, 5) is 48.7. The van der Waals surface area contributed by atoms with Crippen molar-refractivity contribution in [2.24, 2.45) is 0 Å². The van der Waals surface area contributed by atoms with Crippen LogP contribution in [0.3, 0.4) is 0 Å². The van der Waals surface area contributed by atoms with Gasteiger partial charge in [0.1, 0.15) is 11.5 Å².